The van der Waals surface area contributed by atoms with Crippen molar-refractivity contribution in [1.82, 2.24) is 15.0 Å². The fraction of sp³-hybridized carbons (Fsp3) is 0.273. The van der Waals surface area contributed by atoms with E-state index in [4.69, 9.17) is 9.47 Å². The highest BCUT2D eigenvalue weighted by atomic mass is 79.9. The molecule has 2 aliphatic heterocycles. The van der Waals surface area contributed by atoms with Crippen molar-refractivity contribution >= 4 is 45.7 Å². The molecule has 0 amide bonds. The normalized spacial score (nSPS) is 15.2. The molecular formula is C22H22BrN7O2. The molecule has 10 heteroatoms. The zero-order chi connectivity index (χ0) is 21.8. The molecule has 1 fully saturated rings. The molecular weight excluding hydrogens is 474 g/mol. The van der Waals surface area contributed by atoms with Gasteiger partial charge < -0.3 is 19.7 Å². The minimum Gasteiger partial charge on any atom is -0.454 e. The molecule has 1 aromatic heterocycles. The number of ether oxygens (including phenoxy) is 2. The number of aromatic nitrogens is 3. The minimum atomic E-state index is 0.224. The molecule has 0 atom stereocenters. The van der Waals surface area contributed by atoms with Crippen molar-refractivity contribution in [3.05, 3.63) is 52.5 Å². The highest BCUT2D eigenvalue weighted by molar-refractivity contribution is 9.10. The van der Waals surface area contributed by atoms with E-state index in [9.17, 15) is 0 Å². The van der Waals surface area contributed by atoms with Gasteiger partial charge in [0.2, 0.25) is 24.6 Å². The Morgan fingerprint density at radius 3 is 2.50 bits per heavy atom. The highest BCUT2D eigenvalue weighted by Gasteiger charge is 2.17. The Morgan fingerprint density at radius 2 is 1.69 bits per heavy atom. The Kier molecular flexibility index (Phi) is 6.02. The average Bonchev–Trinajstić information content (AvgIpc) is 3.27. The third-order valence-electron chi connectivity index (χ3n) is 5.15. The molecule has 9 nitrogen and oxygen atoms in total. The van der Waals surface area contributed by atoms with E-state index in [0.717, 1.165) is 41.7 Å². The number of hydrogen-bond donors (Lipinski definition) is 2. The van der Waals surface area contributed by atoms with E-state index in [1.165, 1.54) is 6.42 Å². The van der Waals surface area contributed by atoms with Gasteiger partial charge in [-0.05, 0) is 59.5 Å². The van der Waals surface area contributed by atoms with E-state index in [1.807, 2.05) is 42.5 Å². The lowest BCUT2D eigenvalue weighted by Crippen LogP contribution is -2.31. The van der Waals surface area contributed by atoms with Crippen LogP contribution in [0.25, 0.3) is 0 Å². The van der Waals surface area contributed by atoms with E-state index >= 15 is 0 Å². The summed E-state index contributed by atoms with van der Waals surface area (Å²) in [5.74, 6) is 2.87. The lowest BCUT2D eigenvalue weighted by atomic mass is 10.1. The largest absolute Gasteiger partial charge is 0.454 e. The van der Waals surface area contributed by atoms with E-state index in [-0.39, 0.29) is 6.79 Å². The summed E-state index contributed by atoms with van der Waals surface area (Å²) >= 11 is 3.54. The van der Waals surface area contributed by atoms with Gasteiger partial charge in [-0.3, -0.25) is 0 Å². The number of hydrazone groups is 1. The molecule has 0 unspecified atom stereocenters. The highest BCUT2D eigenvalue weighted by Crippen LogP contribution is 2.36. The Hall–Kier alpha value is -3.40. The van der Waals surface area contributed by atoms with Crippen LogP contribution in [0, 0.1) is 0 Å². The summed E-state index contributed by atoms with van der Waals surface area (Å²) in [6.07, 6.45) is 5.18. The van der Waals surface area contributed by atoms with E-state index in [2.05, 4.69) is 51.6 Å². The van der Waals surface area contributed by atoms with Gasteiger partial charge in [0.1, 0.15) is 0 Å². The van der Waals surface area contributed by atoms with Crippen LogP contribution in [-0.4, -0.2) is 41.0 Å². The lowest BCUT2D eigenvalue weighted by molar-refractivity contribution is 0.174. The smallest absolute Gasteiger partial charge is 0.250 e. The number of piperidine rings is 1. The maximum Gasteiger partial charge on any atom is 0.250 e. The average molecular weight is 496 g/mol. The quantitative estimate of drug-likeness (QED) is 0.379. The van der Waals surface area contributed by atoms with E-state index in [0.29, 0.717) is 29.3 Å². The van der Waals surface area contributed by atoms with E-state index in [1.54, 1.807) is 6.21 Å². The summed E-state index contributed by atoms with van der Waals surface area (Å²) < 4.78 is 11.7. The number of rotatable bonds is 6. The van der Waals surface area contributed by atoms with Gasteiger partial charge >= 0.3 is 0 Å². The SMILES string of the molecule is Brc1cc2c(cc1C=NNc1nc(Nc3ccccc3)nc(N3CCCCC3)n1)OCO2. The second-order valence-electron chi connectivity index (χ2n) is 7.42. The molecule has 0 radical (unpaired) electrons. The lowest BCUT2D eigenvalue weighted by Gasteiger charge is -2.26. The molecule has 0 spiro atoms. The minimum absolute atomic E-state index is 0.224. The van der Waals surface area contributed by atoms with Crippen molar-refractivity contribution in [1.29, 1.82) is 0 Å². The molecule has 0 saturated carbocycles. The number of nitrogens with zero attached hydrogens (tertiary/aromatic N) is 5. The molecule has 5 rings (SSSR count). The number of nitrogens with one attached hydrogen (secondary N) is 2. The Labute approximate surface area is 194 Å². The molecule has 0 aliphatic carbocycles. The van der Waals surface area contributed by atoms with Gasteiger partial charge in [0.15, 0.2) is 11.5 Å². The van der Waals surface area contributed by atoms with Gasteiger partial charge in [0.05, 0.1) is 6.21 Å². The molecule has 32 heavy (non-hydrogen) atoms. The fourth-order valence-corrected chi connectivity index (χ4v) is 3.97. The number of halogens is 1. The molecule has 3 aromatic rings. The molecule has 3 heterocycles. The summed E-state index contributed by atoms with van der Waals surface area (Å²) in [7, 11) is 0. The second kappa shape index (κ2) is 9.39. The van der Waals surface area contributed by atoms with Crippen LogP contribution in [0.4, 0.5) is 23.5 Å². The maximum atomic E-state index is 5.44. The van der Waals surface area contributed by atoms with Crippen molar-refractivity contribution in [2.75, 3.05) is 35.5 Å². The Balaban J connectivity index is 1.38. The molecule has 2 aromatic carbocycles. The third-order valence-corrected chi connectivity index (χ3v) is 5.84. The first-order valence-electron chi connectivity index (χ1n) is 10.5. The summed E-state index contributed by atoms with van der Waals surface area (Å²) in [4.78, 5) is 15.9. The predicted molar refractivity (Wildman–Crippen MR) is 127 cm³/mol. The van der Waals surface area contributed by atoms with Crippen molar-refractivity contribution in [2.45, 2.75) is 19.3 Å². The van der Waals surface area contributed by atoms with Gasteiger partial charge in [0, 0.05) is 28.8 Å². The topological polar surface area (TPSA) is 96.8 Å². The third kappa shape index (κ3) is 4.75. The maximum absolute atomic E-state index is 5.44. The predicted octanol–water partition coefficient (Wildman–Crippen LogP) is 4.54. The number of hydrogen-bond acceptors (Lipinski definition) is 9. The zero-order valence-electron chi connectivity index (χ0n) is 17.3. The fourth-order valence-electron chi connectivity index (χ4n) is 3.55. The van der Waals surface area contributed by atoms with Crippen molar-refractivity contribution in [3.8, 4) is 11.5 Å². The van der Waals surface area contributed by atoms with Crippen LogP contribution in [0.15, 0.2) is 52.0 Å². The van der Waals surface area contributed by atoms with Gasteiger partial charge in [-0.15, -0.1) is 0 Å². The first-order chi connectivity index (χ1) is 15.7. The monoisotopic (exact) mass is 495 g/mol. The Morgan fingerprint density at radius 1 is 0.938 bits per heavy atom. The molecule has 164 valence electrons. The van der Waals surface area contributed by atoms with Crippen molar-refractivity contribution < 1.29 is 9.47 Å². The van der Waals surface area contributed by atoms with Crippen LogP contribution in [-0.2, 0) is 0 Å². The first kappa shape index (κ1) is 20.5. The van der Waals surface area contributed by atoms with E-state index < -0.39 is 0 Å². The Bertz CT molecular complexity index is 1120. The molecule has 2 aliphatic rings. The molecule has 0 bridgehead atoms. The molecule has 1 saturated heterocycles. The first-order valence-corrected chi connectivity index (χ1v) is 11.3. The van der Waals surface area contributed by atoms with Crippen LogP contribution < -0.4 is 25.1 Å². The number of para-hydroxylation sites is 1. The second-order valence-corrected chi connectivity index (χ2v) is 8.27. The number of anilines is 4. The van der Waals surface area contributed by atoms with Crippen LogP contribution in [0.5, 0.6) is 11.5 Å². The number of benzene rings is 2. The van der Waals surface area contributed by atoms with Crippen molar-refractivity contribution in [2.24, 2.45) is 5.10 Å². The summed E-state index contributed by atoms with van der Waals surface area (Å²) in [5, 5.41) is 7.58. The van der Waals surface area contributed by atoms with Crippen LogP contribution >= 0.6 is 15.9 Å². The van der Waals surface area contributed by atoms with Crippen LogP contribution in [0.2, 0.25) is 0 Å². The van der Waals surface area contributed by atoms with Gasteiger partial charge in [-0.1, -0.05) is 18.2 Å². The zero-order valence-corrected chi connectivity index (χ0v) is 18.9. The number of fused-ring (bicyclic) bond motifs is 1. The van der Waals surface area contributed by atoms with Crippen LogP contribution in [0.3, 0.4) is 0 Å². The standard InChI is InChI=1S/C22H22BrN7O2/c23-17-12-19-18(31-14-32-19)11-15(17)13-24-29-21-26-20(25-16-7-3-1-4-8-16)27-22(28-21)30-9-5-2-6-10-30/h1,3-4,7-8,11-13H,2,5-6,9-10,14H2,(H2,25,26,27,28,29). The summed E-state index contributed by atoms with van der Waals surface area (Å²) in [5.41, 5.74) is 4.69. The van der Waals surface area contributed by atoms with Gasteiger partial charge in [-0.25, -0.2) is 5.43 Å². The summed E-state index contributed by atoms with van der Waals surface area (Å²) in [6.45, 7) is 2.09. The van der Waals surface area contributed by atoms with Crippen LogP contribution in [0.1, 0.15) is 24.8 Å². The van der Waals surface area contributed by atoms with Gasteiger partial charge in [0.25, 0.3) is 0 Å². The molecule has 2 N–H and O–H groups in total. The summed E-state index contributed by atoms with van der Waals surface area (Å²) in [6, 6.07) is 13.5. The van der Waals surface area contributed by atoms with Gasteiger partial charge in [-0.2, -0.15) is 20.1 Å². The van der Waals surface area contributed by atoms with Crippen molar-refractivity contribution in [3.63, 3.8) is 0 Å².